The average molecular weight is 340 g/mol. The van der Waals surface area contributed by atoms with Gasteiger partial charge in [-0.15, -0.1) is 0 Å². The summed E-state index contributed by atoms with van der Waals surface area (Å²) in [5.41, 5.74) is 0. The molecular formula is C6H14O12P2. The number of hydrogen-bond donors (Lipinski definition) is 7. The molecule has 14 heteroatoms. The number of rotatable bonds is 5. The van der Waals surface area contributed by atoms with E-state index in [0.29, 0.717) is 0 Å². The van der Waals surface area contributed by atoms with Gasteiger partial charge in [0.15, 0.2) is 6.29 Å². The number of phosphoric acid groups is 2. The Balaban J connectivity index is 2.80. The van der Waals surface area contributed by atoms with Crippen molar-refractivity contribution in [2.24, 2.45) is 0 Å². The van der Waals surface area contributed by atoms with Gasteiger partial charge in [-0.1, -0.05) is 0 Å². The van der Waals surface area contributed by atoms with Crippen molar-refractivity contribution in [2.75, 3.05) is 6.61 Å². The van der Waals surface area contributed by atoms with Crippen LogP contribution in [0.2, 0.25) is 0 Å². The number of hydrogen-bond acceptors (Lipinski definition) is 9. The van der Waals surface area contributed by atoms with E-state index in [-0.39, 0.29) is 0 Å². The van der Waals surface area contributed by atoms with Crippen molar-refractivity contribution >= 4 is 15.6 Å². The largest absolute Gasteiger partial charge is 0.483 e. The Morgan fingerprint density at radius 1 is 1.00 bits per heavy atom. The summed E-state index contributed by atoms with van der Waals surface area (Å²) in [5, 5.41) is 37.1. The monoisotopic (exact) mass is 340 g/mol. The fourth-order valence-corrected chi connectivity index (χ4v) is 3.11. The first kappa shape index (κ1) is 18.1. The van der Waals surface area contributed by atoms with E-state index in [2.05, 4.69) is 13.6 Å². The van der Waals surface area contributed by atoms with E-state index in [1.807, 2.05) is 0 Å². The number of aliphatic hydroxyl groups excluding tert-OH is 4. The third-order valence-corrected chi connectivity index (χ3v) is 4.45. The minimum Gasteiger partial charge on any atom is -0.394 e. The van der Waals surface area contributed by atoms with Gasteiger partial charge in [0.05, 0.1) is 6.61 Å². The topological polar surface area (TPSA) is 203 Å². The van der Waals surface area contributed by atoms with Crippen LogP contribution in [0.4, 0.5) is 0 Å². The molecule has 0 aliphatic carbocycles. The molecule has 1 rings (SSSR count). The van der Waals surface area contributed by atoms with Gasteiger partial charge in [-0.3, -0.25) is 4.52 Å². The van der Waals surface area contributed by atoms with Gasteiger partial charge >= 0.3 is 15.6 Å². The van der Waals surface area contributed by atoms with Crippen LogP contribution in [0, 0.1) is 0 Å². The molecule has 7 N–H and O–H groups in total. The maximum Gasteiger partial charge on any atom is 0.483 e. The van der Waals surface area contributed by atoms with Crippen LogP contribution < -0.4 is 0 Å². The lowest BCUT2D eigenvalue weighted by atomic mass is 10.00. The molecule has 1 aliphatic rings. The Morgan fingerprint density at radius 2 is 1.55 bits per heavy atom. The first-order valence-corrected chi connectivity index (χ1v) is 8.08. The maximum atomic E-state index is 11.2. The van der Waals surface area contributed by atoms with Crippen molar-refractivity contribution in [3.8, 4) is 0 Å². The molecule has 1 fully saturated rings. The molecule has 0 aromatic carbocycles. The van der Waals surface area contributed by atoms with E-state index in [1.165, 1.54) is 0 Å². The predicted molar refractivity (Wildman–Crippen MR) is 57.8 cm³/mol. The van der Waals surface area contributed by atoms with E-state index in [9.17, 15) is 24.4 Å². The standard InChI is InChI=1S/C6H14O12P2/c7-1-2-3(8)4(9)5(10)6(16-2)17-20(14,15)18-19(11,12)13/h2-10H,1H2,(H,14,15)(H2,11,12,13)/t2-,3+,4-,5+,6+/m1/s1. The molecule has 0 amide bonds. The first-order valence-electron chi connectivity index (χ1n) is 5.05. The van der Waals surface area contributed by atoms with Gasteiger partial charge < -0.3 is 39.8 Å². The van der Waals surface area contributed by atoms with Crippen molar-refractivity contribution in [1.29, 1.82) is 0 Å². The molecule has 0 saturated carbocycles. The van der Waals surface area contributed by atoms with Crippen LogP contribution >= 0.6 is 15.6 Å². The zero-order valence-corrected chi connectivity index (χ0v) is 11.4. The summed E-state index contributed by atoms with van der Waals surface area (Å²) in [6.07, 6.45) is -9.12. The molecule has 0 spiro atoms. The Bertz CT molecular complexity index is 418. The van der Waals surface area contributed by atoms with E-state index < -0.39 is 53.0 Å². The minimum absolute atomic E-state index is 0.820. The van der Waals surface area contributed by atoms with Gasteiger partial charge in [0, 0.05) is 0 Å². The average Bonchev–Trinajstić information content (AvgIpc) is 2.26. The van der Waals surface area contributed by atoms with Gasteiger partial charge in [-0.25, -0.2) is 9.13 Å². The second-order valence-corrected chi connectivity index (χ2v) is 6.63. The normalized spacial score (nSPS) is 38.5. The quantitative estimate of drug-likeness (QED) is 0.250. The van der Waals surface area contributed by atoms with Crippen LogP contribution in [0.3, 0.4) is 0 Å². The van der Waals surface area contributed by atoms with Crippen molar-refractivity contribution in [1.82, 2.24) is 0 Å². The summed E-state index contributed by atoms with van der Waals surface area (Å²) < 4.78 is 34.0. The molecule has 120 valence electrons. The molecule has 1 unspecified atom stereocenters. The van der Waals surface area contributed by atoms with Gasteiger partial charge in [-0.2, -0.15) is 4.31 Å². The van der Waals surface area contributed by atoms with Gasteiger partial charge in [-0.05, 0) is 0 Å². The fraction of sp³-hybridized carbons (Fsp3) is 1.00. The Morgan fingerprint density at radius 3 is 2.00 bits per heavy atom. The summed E-state index contributed by atoms with van der Waals surface area (Å²) in [7, 11) is -10.7. The van der Waals surface area contributed by atoms with Crippen molar-refractivity contribution < 1.29 is 57.8 Å². The second kappa shape index (κ2) is 6.44. The molecule has 1 aliphatic heterocycles. The lowest BCUT2D eigenvalue weighted by Gasteiger charge is -2.39. The number of ether oxygens (including phenoxy) is 1. The zero-order chi connectivity index (χ0) is 15.7. The van der Waals surface area contributed by atoms with E-state index in [0.717, 1.165) is 0 Å². The minimum atomic E-state index is -5.36. The van der Waals surface area contributed by atoms with E-state index >= 15 is 0 Å². The molecule has 0 radical (unpaired) electrons. The highest BCUT2D eigenvalue weighted by Gasteiger charge is 2.47. The Kier molecular flexibility index (Phi) is 5.83. The van der Waals surface area contributed by atoms with E-state index in [4.69, 9.17) is 19.8 Å². The highest BCUT2D eigenvalue weighted by Crippen LogP contribution is 2.58. The van der Waals surface area contributed by atoms with Gasteiger partial charge in [0.2, 0.25) is 0 Å². The third kappa shape index (κ3) is 4.81. The third-order valence-electron chi connectivity index (χ3n) is 2.30. The van der Waals surface area contributed by atoms with Crippen LogP contribution in [-0.4, -0.2) is 72.4 Å². The Hall–Kier alpha value is 0.0600. The first-order chi connectivity index (χ1) is 8.97. The molecular weight excluding hydrogens is 326 g/mol. The summed E-state index contributed by atoms with van der Waals surface area (Å²) in [5.74, 6) is 0. The maximum absolute atomic E-state index is 11.2. The van der Waals surface area contributed by atoms with Crippen LogP contribution in [0.25, 0.3) is 0 Å². The molecule has 1 heterocycles. The molecule has 1 saturated heterocycles. The zero-order valence-electron chi connectivity index (χ0n) is 9.66. The van der Waals surface area contributed by atoms with Crippen LogP contribution in [0.15, 0.2) is 0 Å². The van der Waals surface area contributed by atoms with Gasteiger partial charge in [0.1, 0.15) is 24.4 Å². The lowest BCUT2D eigenvalue weighted by molar-refractivity contribution is -0.280. The highest BCUT2D eigenvalue weighted by molar-refractivity contribution is 7.60. The number of phosphoric ester groups is 1. The van der Waals surface area contributed by atoms with Crippen molar-refractivity contribution in [3.05, 3.63) is 0 Å². The molecule has 0 aromatic rings. The van der Waals surface area contributed by atoms with Gasteiger partial charge in [0.25, 0.3) is 0 Å². The van der Waals surface area contributed by atoms with Crippen molar-refractivity contribution in [3.63, 3.8) is 0 Å². The smallest absolute Gasteiger partial charge is 0.394 e. The van der Waals surface area contributed by atoms with Crippen LogP contribution in [0.1, 0.15) is 0 Å². The molecule has 0 aromatic heterocycles. The summed E-state index contributed by atoms with van der Waals surface area (Å²) in [4.78, 5) is 25.8. The lowest BCUT2D eigenvalue weighted by Crippen LogP contribution is -2.58. The fourth-order valence-electron chi connectivity index (χ4n) is 1.44. The molecule has 6 atom stereocenters. The highest BCUT2D eigenvalue weighted by atomic mass is 31.3. The van der Waals surface area contributed by atoms with E-state index in [1.54, 1.807) is 0 Å². The molecule has 0 bridgehead atoms. The summed E-state index contributed by atoms with van der Waals surface area (Å²) >= 11 is 0. The Labute approximate surface area is 112 Å². The van der Waals surface area contributed by atoms with Crippen molar-refractivity contribution in [2.45, 2.75) is 30.7 Å². The number of aliphatic hydroxyl groups is 4. The van der Waals surface area contributed by atoms with Crippen LogP contribution in [0.5, 0.6) is 0 Å². The predicted octanol–water partition coefficient (Wildman–Crippen LogP) is -2.99. The molecule has 20 heavy (non-hydrogen) atoms. The van der Waals surface area contributed by atoms with Crippen LogP contribution in [-0.2, 0) is 22.7 Å². The second-order valence-electron chi connectivity index (χ2n) is 3.84. The molecule has 12 nitrogen and oxygen atoms in total. The summed E-state index contributed by atoms with van der Waals surface area (Å²) in [6, 6.07) is 0. The SMILES string of the molecule is O=P(O)(O)OP(=O)(O)O[C@@H]1O[C@H](CO)[C@H](O)[C@@H](O)[C@@H]1O. The summed E-state index contributed by atoms with van der Waals surface area (Å²) in [6.45, 7) is -0.820.